The van der Waals surface area contributed by atoms with Crippen LogP contribution in [-0.4, -0.2) is 22.8 Å². The van der Waals surface area contributed by atoms with Gasteiger partial charge in [-0.15, -0.1) is 11.3 Å². The molecule has 2 amide bonds. The monoisotopic (exact) mass is 328 g/mol. The lowest BCUT2D eigenvalue weighted by Gasteiger charge is -2.27. The van der Waals surface area contributed by atoms with Crippen LogP contribution in [0.4, 0.5) is 0 Å². The second-order valence-corrected chi connectivity index (χ2v) is 7.03. The molecular weight excluding hydrogens is 308 g/mol. The smallest absolute Gasteiger partial charge is 0.255 e. The fourth-order valence-electron chi connectivity index (χ4n) is 2.93. The van der Waals surface area contributed by atoms with Crippen LogP contribution in [0.3, 0.4) is 0 Å². The molecule has 0 saturated carbocycles. The lowest BCUT2D eigenvalue weighted by Crippen LogP contribution is -2.36. The van der Waals surface area contributed by atoms with E-state index in [0.717, 1.165) is 16.0 Å². The molecule has 4 nitrogen and oxygen atoms in total. The zero-order valence-corrected chi connectivity index (χ0v) is 14.1. The van der Waals surface area contributed by atoms with Gasteiger partial charge in [0.1, 0.15) is 0 Å². The van der Waals surface area contributed by atoms with E-state index in [4.69, 9.17) is 0 Å². The number of benzene rings is 1. The van der Waals surface area contributed by atoms with Gasteiger partial charge in [-0.05, 0) is 36.9 Å². The molecule has 0 spiro atoms. The number of nitrogens with zero attached hydrogens (tertiary/aromatic N) is 1. The third-order valence-corrected chi connectivity index (χ3v) is 4.90. The molecule has 1 unspecified atom stereocenters. The molecule has 1 aromatic carbocycles. The fourth-order valence-corrected chi connectivity index (χ4v) is 3.77. The third-order valence-electron chi connectivity index (χ3n) is 3.93. The number of fused-ring (bicyclic) bond motifs is 1. The van der Waals surface area contributed by atoms with Crippen LogP contribution in [0.25, 0.3) is 0 Å². The molecule has 1 atom stereocenters. The summed E-state index contributed by atoms with van der Waals surface area (Å²) in [6, 6.07) is 11.5. The molecule has 0 fully saturated rings. The summed E-state index contributed by atoms with van der Waals surface area (Å²) in [5, 5.41) is 4.90. The van der Waals surface area contributed by atoms with Gasteiger partial charge in [0.25, 0.3) is 5.91 Å². The van der Waals surface area contributed by atoms with Gasteiger partial charge in [-0.25, -0.2) is 0 Å². The molecule has 1 aliphatic heterocycles. The minimum Gasteiger partial charge on any atom is -0.354 e. The molecule has 5 heteroatoms. The van der Waals surface area contributed by atoms with Crippen LogP contribution in [0.5, 0.6) is 0 Å². The van der Waals surface area contributed by atoms with Crippen LogP contribution < -0.4 is 5.32 Å². The molecule has 0 saturated heterocycles. The second kappa shape index (κ2) is 6.54. The van der Waals surface area contributed by atoms with E-state index in [0.29, 0.717) is 13.0 Å². The van der Waals surface area contributed by atoms with Crippen LogP contribution in [0.2, 0.25) is 0 Å². The van der Waals surface area contributed by atoms with Crippen molar-refractivity contribution in [2.24, 2.45) is 0 Å². The van der Waals surface area contributed by atoms with Crippen molar-refractivity contribution in [3.05, 3.63) is 57.8 Å². The number of hydrogen-bond donors (Lipinski definition) is 1. The number of amides is 2. The fraction of sp³-hybridized carbons (Fsp3) is 0.333. The van der Waals surface area contributed by atoms with Gasteiger partial charge in [-0.1, -0.05) is 24.3 Å². The van der Waals surface area contributed by atoms with E-state index in [9.17, 15) is 9.59 Å². The van der Waals surface area contributed by atoms with Crippen LogP contribution in [-0.2, 0) is 11.3 Å². The number of hydrogen-bond acceptors (Lipinski definition) is 3. The summed E-state index contributed by atoms with van der Waals surface area (Å²) in [5.41, 5.74) is 1.78. The number of rotatable bonds is 5. The Morgan fingerprint density at radius 3 is 2.70 bits per heavy atom. The first-order valence-corrected chi connectivity index (χ1v) is 8.66. The van der Waals surface area contributed by atoms with Crippen molar-refractivity contribution in [1.29, 1.82) is 0 Å². The average Bonchev–Trinajstić information content (AvgIpc) is 3.13. The summed E-state index contributed by atoms with van der Waals surface area (Å²) in [5.74, 6) is -0.0153. The first kappa shape index (κ1) is 15.7. The highest BCUT2D eigenvalue weighted by Gasteiger charge is 2.34. The van der Waals surface area contributed by atoms with E-state index in [1.807, 2.05) is 60.5 Å². The number of thiophene rings is 1. The van der Waals surface area contributed by atoms with Crippen LogP contribution >= 0.6 is 11.3 Å². The van der Waals surface area contributed by atoms with Gasteiger partial charge in [0.05, 0.1) is 12.5 Å². The molecule has 0 bridgehead atoms. The summed E-state index contributed by atoms with van der Waals surface area (Å²) in [4.78, 5) is 27.8. The van der Waals surface area contributed by atoms with Crippen LogP contribution in [0.15, 0.2) is 41.8 Å². The maximum atomic E-state index is 12.7. The van der Waals surface area contributed by atoms with Gasteiger partial charge in [-0.3, -0.25) is 9.59 Å². The van der Waals surface area contributed by atoms with E-state index in [1.54, 1.807) is 11.3 Å². The zero-order chi connectivity index (χ0) is 16.4. The Balaban J connectivity index is 1.86. The predicted octanol–water partition coefficient (Wildman–Crippen LogP) is 3.36. The molecule has 1 aliphatic rings. The lowest BCUT2D eigenvalue weighted by atomic mass is 10.1. The Hall–Kier alpha value is -2.14. The Morgan fingerprint density at radius 1 is 1.26 bits per heavy atom. The van der Waals surface area contributed by atoms with Crippen molar-refractivity contribution in [2.45, 2.75) is 38.9 Å². The van der Waals surface area contributed by atoms with Gasteiger partial charge in [0.2, 0.25) is 5.91 Å². The quantitative estimate of drug-likeness (QED) is 0.915. The standard InChI is InChI=1S/C18H20N2O2S/c1-12(2)19-17(21)10-15(16-8-5-9-23-16)20-11-13-6-3-4-7-14(13)18(20)22/h3-9,12,15H,10-11H2,1-2H3,(H,19,21). The van der Waals surface area contributed by atoms with Crippen molar-refractivity contribution in [2.75, 3.05) is 0 Å². The molecule has 0 aliphatic carbocycles. The maximum Gasteiger partial charge on any atom is 0.255 e. The molecule has 2 heterocycles. The summed E-state index contributed by atoms with van der Waals surface area (Å²) in [7, 11) is 0. The maximum absolute atomic E-state index is 12.7. The van der Waals surface area contributed by atoms with E-state index in [2.05, 4.69) is 5.32 Å². The minimum absolute atomic E-state index is 0.0105. The Labute approximate surface area is 140 Å². The summed E-state index contributed by atoms with van der Waals surface area (Å²) >= 11 is 1.59. The van der Waals surface area contributed by atoms with Crippen molar-refractivity contribution in [3.8, 4) is 0 Å². The Morgan fingerprint density at radius 2 is 2.04 bits per heavy atom. The van der Waals surface area contributed by atoms with Crippen molar-refractivity contribution in [3.63, 3.8) is 0 Å². The zero-order valence-electron chi connectivity index (χ0n) is 13.3. The van der Waals surface area contributed by atoms with Gasteiger partial charge in [-0.2, -0.15) is 0 Å². The second-order valence-electron chi connectivity index (χ2n) is 6.05. The van der Waals surface area contributed by atoms with Crippen LogP contribution in [0, 0.1) is 0 Å². The first-order valence-electron chi connectivity index (χ1n) is 7.78. The van der Waals surface area contributed by atoms with Gasteiger partial charge in [0.15, 0.2) is 0 Å². The summed E-state index contributed by atoms with van der Waals surface area (Å²) in [6.45, 7) is 4.44. The SMILES string of the molecule is CC(C)NC(=O)CC(c1cccs1)N1Cc2ccccc2C1=O. The van der Waals surface area contributed by atoms with E-state index in [1.165, 1.54) is 0 Å². The highest BCUT2D eigenvalue weighted by molar-refractivity contribution is 7.10. The predicted molar refractivity (Wildman–Crippen MR) is 91.3 cm³/mol. The van der Waals surface area contributed by atoms with Crippen molar-refractivity contribution >= 4 is 23.2 Å². The van der Waals surface area contributed by atoms with E-state index in [-0.39, 0.29) is 23.9 Å². The molecule has 1 aromatic heterocycles. The van der Waals surface area contributed by atoms with Gasteiger partial charge in [0, 0.05) is 23.0 Å². The van der Waals surface area contributed by atoms with Crippen molar-refractivity contribution < 1.29 is 9.59 Å². The normalized spacial score (nSPS) is 14.9. The number of carbonyl (C=O) groups excluding carboxylic acids is 2. The third kappa shape index (κ3) is 3.29. The van der Waals surface area contributed by atoms with Gasteiger partial charge >= 0.3 is 0 Å². The summed E-state index contributed by atoms with van der Waals surface area (Å²) < 4.78 is 0. The van der Waals surface area contributed by atoms with E-state index < -0.39 is 0 Å². The largest absolute Gasteiger partial charge is 0.354 e. The van der Waals surface area contributed by atoms with E-state index >= 15 is 0 Å². The molecule has 0 radical (unpaired) electrons. The Bertz CT molecular complexity index is 710. The first-order chi connectivity index (χ1) is 11.1. The number of nitrogens with one attached hydrogen (secondary N) is 1. The summed E-state index contributed by atoms with van der Waals surface area (Å²) in [6.07, 6.45) is 0.290. The average molecular weight is 328 g/mol. The highest BCUT2D eigenvalue weighted by atomic mass is 32.1. The molecule has 2 aromatic rings. The Kier molecular flexibility index (Phi) is 4.48. The molecule has 3 rings (SSSR count). The topological polar surface area (TPSA) is 49.4 Å². The minimum atomic E-state index is -0.214. The molecule has 1 N–H and O–H groups in total. The van der Waals surface area contributed by atoms with Crippen molar-refractivity contribution in [1.82, 2.24) is 10.2 Å². The van der Waals surface area contributed by atoms with Crippen LogP contribution in [0.1, 0.15) is 47.1 Å². The molecule has 23 heavy (non-hydrogen) atoms. The number of carbonyl (C=O) groups is 2. The lowest BCUT2D eigenvalue weighted by molar-refractivity contribution is -0.122. The van der Waals surface area contributed by atoms with Gasteiger partial charge < -0.3 is 10.2 Å². The highest BCUT2D eigenvalue weighted by Crippen LogP contribution is 2.35. The molecular formula is C18H20N2O2S. The molecule has 120 valence electrons.